The summed E-state index contributed by atoms with van der Waals surface area (Å²) < 4.78 is 6.33. The maximum Gasteiger partial charge on any atom is 0.220 e. The first-order valence-corrected chi connectivity index (χ1v) is 13.0. The van der Waals surface area contributed by atoms with Gasteiger partial charge < -0.3 is 15.2 Å². The maximum absolute atomic E-state index is 11.9. The summed E-state index contributed by atoms with van der Waals surface area (Å²) in [5, 5.41) is 15.9. The Labute approximate surface area is 192 Å². The van der Waals surface area contributed by atoms with Crippen molar-refractivity contribution in [3.05, 3.63) is 0 Å². The quantitative estimate of drug-likeness (QED) is 0.234. The van der Waals surface area contributed by atoms with Crippen LogP contribution in [0.15, 0.2) is 0 Å². The number of aliphatic hydroxyl groups is 1. The smallest absolute Gasteiger partial charge is 0.220 e. The first-order chi connectivity index (χ1) is 14.6. The Hall–Kier alpha value is -0.650. The molecule has 1 saturated heterocycles. The van der Waals surface area contributed by atoms with E-state index in [9.17, 15) is 9.90 Å². The molecule has 1 unspecified atom stereocenters. The zero-order valence-electron chi connectivity index (χ0n) is 21.3. The molecule has 0 radical (unpaired) electrons. The van der Waals surface area contributed by atoms with Gasteiger partial charge in [0.1, 0.15) is 5.72 Å². The lowest BCUT2D eigenvalue weighted by atomic mass is 9.95. The Morgan fingerprint density at radius 2 is 1.45 bits per heavy atom. The zero-order chi connectivity index (χ0) is 23.2. The van der Waals surface area contributed by atoms with Crippen molar-refractivity contribution in [1.29, 1.82) is 0 Å². The molecule has 0 aromatic heterocycles. The lowest BCUT2D eigenvalue weighted by molar-refractivity contribution is -0.123. The first kappa shape index (κ1) is 28.4. The highest BCUT2D eigenvalue weighted by Gasteiger charge is 2.42. The normalized spacial score (nSPS) is 20.8. The predicted octanol–water partition coefficient (Wildman–Crippen LogP) is 5.84. The molecule has 3 N–H and O–H groups in total. The second-order valence-electron chi connectivity index (χ2n) is 11.0. The minimum atomic E-state index is -0.520. The molecule has 0 spiro atoms. The first-order valence-electron chi connectivity index (χ1n) is 13.0. The van der Waals surface area contributed by atoms with Crippen LogP contribution in [-0.2, 0) is 9.53 Å². The number of carbonyl (C=O) groups is 1. The molecule has 0 aliphatic carbocycles. The molecule has 1 fully saturated rings. The van der Waals surface area contributed by atoms with Gasteiger partial charge in [-0.2, -0.15) is 0 Å². The molecule has 1 rings (SSSR count). The van der Waals surface area contributed by atoms with Crippen LogP contribution in [0.5, 0.6) is 0 Å². The molecule has 0 aromatic carbocycles. The van der Waals surface area contributed by atoms with Crippen molar-refractivity contribution < 1.29 is 14.6 Å². The Kier molecular flexibility index (Phi) is 13.3. The Morgan fingerprint density at radius 1 is 0.935 bits per heavy atom. The van der Waals surface area contributed by atoms with Gasteiger partial charge in [-0.1, -0.05) is 64.7 Å². The molecule has 5 nitrogen and oxygen atoms in total. The van der Waals surface area contributed by atoms with Crippen molar-refractivity contribution in [2.45, 2.75) is 148 Å². The van der Waals surface area contributed by atoms with Crippen LogP contribution >= 0.6 is 0 Å². The van der Waals surface area contributed by atoms with E-state index in [0.29, 0.717) is 6.42 Å². The van der Waals surface area contributed by atoms with E-state index >= 15 is 0 Å². The summed E-state index contributed by atoms with van der Waals surface area (Å²) in [6.07, 6.45) is 17.6. The van der Waals surface area contributed by atoms with Crippen LogP contribution in [-0.4, -0.2) is 41.0 Å². The van der Waals surface area contributed by atoms with E-state index < -0.39 is 5.54 Å². The van der Waals surface area contributed by atoms with Crippen LogP contribution in [0.25, 0.3) is 0 Å². The van der Waals surface area contributed by atoms with Gasteiger partial charge in [0, 0.05) is 12.0 Å². The van der Waals surface area contributed by atoms with Gasteiger partial charge in [0.15, 0.2) is 0 Å². The second kappa shape index (κ2) is 14.5. The van der Waals surface area contributed by atoms with E-state index in [1.165, 1.54) is 64.2 Å². The Balaban J connectivity index is 2.18. The number of hydrogen-bond donors (Lipinski definition) is 3. The summed E-state index contributed by atoms with van der Waals surface area (Å²) in [5.41, 5.74) is -0.563. The molecule has 1 amide bonds. The number of nitrogens with one attached hydrogen (secondary N) is 2. The molecule has 0 saturated carbocycles. The third-order valence-electron chi connectivity index (χ3n) is 6.32. The molecule has 184 valence electrons. The molecule has 0 aromatic rings. The maximum atomic E-state index is 11.9. The van der Waals surface area contributed by atoms with Gasteiger partial charge in [0.25, 0.3) is 0 Å². The van der Waals surface area contributed by atoms with Crippen molar-refractivity contribution in [3.8, 4) is 0 Å². The molecule has 1 heterocycles. The highest BCUT2D eigenvalue weighted by molar-refractivity contribution is 5.76. The topological polar surface area (TPSA) is 70.6 Å². The lowest BCUT2D eigenvalue weighted by Crippen LogP contribution is -2.48. The van der Waals surface area contributed by atoms with Crippen LogP contribution in [0, 0.1) is 0 Å². The number of ether oxygens (including phenoxy) is 1. The highest BCUT2D eigenvalue weighted by atomic mass is 16.5. The lowest BCUT2D eigenvalue weighted by Gasteiger charge is -2.31. The number of carbonyl (C=O) groups excluding carboxylic acids is 1. The van der Waals surface area contributed by atoms with Crippen molar-refractivity contribution in [1.82, 2.24) is 10.6 Å². The van der Waals surface area contributed by atoms with E-state index in [2.05, 4.69) is 31.4 Å². The minimum absolute atomic E-state index is 0.0329. The van der Waals surface area contributed by atoms with Crippen molar-refractivity contribution in [2.24, 2.45) is 0 Å². The summed E-state index contributed by atoms with van der Waals surface area (Å²) in [6.45, 7) is 11.2. The average molecular weight is 441 g/mol. The monoisotopic (exact) mass is 440 g/mol. The summed E-state index contributed by atoms with van der Waals surface area (Å²) >= 11 is 0. The van der Waals surface area contributed by atoms with E-state index in [4.69, 9.17) is 4.74 Å². The summed E-state index contributed by atoms with van der Waals surface area (Å²) in [4.78, 5) is 11.9. The number of unbranched alkanes of at least 4 members (excludes halogenated alkanes) is 10. The summed E-state index contributed by atoms with van der Waals surface area (Å²) in [5.74, 6) is 0.0442. The van der Waals surface area contributed by atoms with Gasteiger partial charge in [-0.05, 0) is 59.8 Å². The zero-order valence-corrected chi connectivity index (χ0v) is 21.3. The molecular formula is C26H52N2O3. The molecular weight excluding hydrogens is 388 g/mol. The standard InChI is InChI=1S/C26H52N2O3/c1-6-7-8-9-13-16-19-26(28-25(4,5)22-31-26)20-17-14-11-10-12-15-18-23(30)27-24(2,3)21-29/h28-29H,6-22H2,1-5H3,(H,27,30). The molecule has 1 aliphatic rings. The van der Waals surface area contributed by atoms with Crippen molar-refractivity contribution in [3.63, 3.8) is 0 Å². The van der Waals surface area contributed by atoms with Gasteiger partial charge in [0.05, 0.1) is 18.8 Å². The summed E-state index contributed by atoms with van der Waals surface area (Å²) in [6, 6.07) is 0. The van der Waals surface area contributed by atoms with E-state index in [1.54, 1.807) is 0 Å². The molecule has 5 heteroatoms. The van der Waals surface area contributed by atoms with Crippen LogP contribution in [0.3, 0.4) is 0 Å². The SMILES string of the molecule is CCCCCCCCC1(CCCCCCCCC(=O)NC(C)(C)CO)NC(C)(C)CO1. The van der Waals surface area contributed by atoms with Gasteiger partial charge >= 0.3 is 0 Å². The third kappa shape index (κ3) is 12.8. The number of rotatable bonds is 18. The molecule has 1 atom stereocenters. The van der Waals surface area contributed by atoms with Crippen molar-refractivity contribution in [2.75, 3.05) is 13.2 Å². The fourth-order valence-electron chi connectivity index (χ4n) is 4.48. The van der Waals surface area contributed by atoms with Crippen LogP contribution in [0.4, 0.5) is 0 Å². The number of hydrogen-bond acceptors (Lipinski definition) is 4. The third-order valence-corrected chi connectivity index (χ3v) is 6.32. The molecule has 1 aliphatic heterocycles. The van der Waals surface area contributed by atoms with Crippen LogP contribution in [0.2, 0.25) is 0 Å². The highest BCUT2D eigenvalue weighted by Crippen LogP contribution is 2.33. The number of aliphatic hydroxyl groups excluding tert-OH is 1. The molecule has 31 heavy (non-hydrogen) atoms. The summed E-state index contributed by atoms with van der Waals surface area (Å²) in [7, 11) is 0. The van der Waals surface area contributed by atoms with Gasteiger partial charge in [-0.3, -0.25) is 10.1 Å². The van der Waals surface area contributed by atoms with E-state index in [1.807, 2.05) is 13.8 Å². The second-order valence-corrected chi connectivity index (χ2v) is 11.0. The van der Waals surface area contributed by atoms with Crippen molar-refractivity contribution >= 4 is 5.91 Å². The molecule has 0 bridgehead atoms. The van der Waals surface area contributed by atoms with Gasteiger partial charge in [-0.25, -0.2) is 0 Å². The largest absolute Gasteiger partial charge is 0.394 e. The predicted molar refractivity (Wildman–Crippen MR) is 130 cm³/mol. The van der Waals surface area contributed by atoms with Gasteiger partial charge in [0.2, 0.25) is 5.91 Å². The Morgan fingerprint density at radius 3 is 1.94 bits per heavy atom. The fourth-order valence-corrected chi connectivity index (χ4v) is 4.48. The van der Waals surface area contributed by atoms with Gasteiger partial charge in [-0.15, -0.1) is 0 Å². The van der Waals surface area contributed by atoms with E-state index in [-0.39, 0.29) is 23.8 Å². The average Bonchev–Trinajstić information content (AvgIpc) is 3.01. The van der Waals surface area contributed by atoms with E-state index in [0.717, 1.165) is 32.3 Å². The van der Waals surface area contributed by atoms with Crippen LogP contribution in [0.1, 0.15) is 131 Å². The Bertz CT molecular complexity index is 493. The van der Waals surface area contributed by atoms with Crippen LogP contribution < -0.4 is 10.6 Å². The number of amides is 1. The fraction of sp³-hybridized carbons (Fsp3) is 0.962. The minimum Gasteiger partial charge on any atom is -0.394 e.